The summed E-state index contributed by atoms with van der Waals surface area (Å²) in [5.74, 6) is -0.518. The van der Waals surface area contributed by atoms with Crippen molar-refractivity contribution < 1.29 is 23.9 Å². The summed E-state index contributed by atoms with van der Waals surface area (Å²) in [6.07, 6.45) is 12.1. The third kappa shape index (κ3) is 13.5. The second-order valence-electron chi connectivity index (χ2n) is 9.71. The van der Waals surface area contributed by atoms with Crippen LogP contribution >= 0.6 is 0 Å². The molecule has 1 unspecified atom stereocenters. The molecule has 1 aromatic rings. The standard InChI is InChI=1S/C21H28N2O5.C9H20/c1-3-18(24)10-12-28-13-11-22-19(25)9-6-16-4-7-17(8-5-16)23-20(26)14-15(2)21(23)27;1-3-5-7-9-8-6-4-2/h4-5,7-8,15H,3,6,9-14H2,1-2H3,(H,22,25);3-9H2,1-2H3. The number of ether oxygens (including phenoxy) is 1. The average Bonchev–Trinajstić information content (AvgIpc) is 3.15. The molecule has 0 spiro atoms. The van der Waals surface area contributed by atoms with Gasteiger partial charge in [-0.3, -0.25) is 24.1 Å². The lowest BCUT2D eigenvalue weighted by Gasteiger charge is -2.14. The largest absolute Gasteiger partial charge is 0.379 e. The number of rotatable bonds is 17. The van der Waals surface area contributed by atoms with Crippen molar-refractivity contribution in [1.82, 2.24) is 5.32 Å². The van der Waals surface area contributed by atoms with Gasteiger partial charge in [-0.1, -0.05) is 84.8 Å². The highest BCUT2D eigenvalue weighted by Crippen LogP contribution is 2.26. The molecule has 0 aromatic heterocycles. The molecule has 1 heterocycles. The van der Waals surface area contributed by atoms with Crippen LogP contribution in [0, 0.1) is 5.92 Å². The maximum absolute atomic E-state index is 12.1. The van der Waals surface area contributed by atoms with Crippen molar-refractivity contribution >= 4 is 29.2 Å². The van der Waals surface area contributed by atoms with Gasteiger partial charge in [-0.15, -0.1) is 0 Å². The Labute approximate surface area is 223 Å². The predicted molar refractivity (Wildman–Crippen MR) is 148 cm³/mol. The number of Topliss-reactive ketones (excluding diaryl/α,β-unsaturated/α-hetero) is 1. The minimum atomic E-state index is -0.271. The molecule has 0 aliphatic carbocycles. The molecule has 0 radical (unpaired) electrons. The summed E-state index contributed by atoms with van der Waals surface area (Å²) in [6.45, 7) is 9.28. The van der Waals surface area contributed by atoms with Gasteiger partial charge in [-0.2, -0.15) is 0 Å². The van der Waals surface area contributed by atoms with Crippen molar-refractivity contribution in [3.05, 3.63) is 29.8 Å². The summed E-state index contributed by atoms with van der Waals surface area (Å²) in [4.78, 5) is 48.2. The zero-order valence-electron chi connectivity index (χ0n) is 23.5. The number of hydrogen-bond acceptors (Lipinski definition) is 5. The molecule has 1 fully saturated rings. The van der Waals surface area contributed by atoms with E-state index >= 15 is 0 Å². The summed E-state index contributed by atoms with van der Waals surface area (Å²) in [5, 5.41) is 2.78. The molecule has 3 amide bonds. The highest BCUT2D eigenvalue weighted by atomic mass is 16.5. The van der Waals surface area contributed by atoms with E-state index < -0.39 is 0 Å². The first-order chi connectivity index (χ1) is 17.8. The van der Waals surface area contributed by atoms with Gasteiger partial charge in [-0.25, -0.2) is 0 Å². The molecule has 0 bridgehead atoms. The number of nitrogens with zero attached hydrogens (tertiary/aromatic N) is 1. The van der Waals surface area contributed by atoms with E-state index in [4.69, 9.17) is 4.74 Å². The van der Waals surface area contributed by atoms with Crippen LogP contribution in [0.1, 0.15) is 104 Å². The number of imide groups is 1. The number of carbonyl (C=O) groups is 4. The van der Waals surface area contributed by atoms with Crippen LogP contribution in [0.15, 0.2) is 24.3 Å². The molecule has 7 heteroatoms. The lowest BCUT2D eigenvalue weighted by Crippen LogP contribution is -2.29. The zero-order valence-corrected chi connectivity index (χ0v) is 23.5. The average molecular weight is 517 g/mol. The van der Waals surface area contributed by atoms with Gasteiger partial charge >= 0.3 is 0 Å². The SMILES string of the molecule is CCC(=O)CCOCCNC(=O)CCc1ccc(N2C(=O)CC(C)C2=O)cc1.CCCCCCCCC. The molecule has 1 atom stereocenters. The van der Waals surface area contributed by atoms with E-state index in [0.29, 0.717) is 51.1 Å². The van der Waals surface area contributed by atoms with E-state index in [-0.39, 0.29) is 35.8 Å². The summed E-state index contributed by atoms with van der Waals surface area (Å²) in [6, 6.07) is 7.15. The minimum Gasteiger partial charge on any atom is -0.379 e. The van der Waals surface area contributed by atoms with Gasteiger partial charge in [0.25, 0.3) is 0 Å². The Morgan fingerprint density at radius 3 is 2.08 bits per heavy atom. The Morgan fingerprint density at radius 1 is 0.919 bits per heavy atom. The van der Waals surface area contributed by atoms with E-state index in [1.165, 1.54) is 49.8 Å². The second-order valence-corrected chi connectivity index (χ2v) is 9.71. The van der Waals surface area contributed by atoms with Crippen LogP contribution in [-0.4, -0.2) is 43.3 Å². The third-order valence-corrected chi connectivity index (χ3v) is 6.40. The van der Waals surface area contributed by atoms with E-state index in [0.717, 1.165) is 5.56 Å². The molecule has 1 aliphatic heterocycles. The van der Waals surface area contributed by atoms with E-state index in [1.54, 1.807) is 19.1 Å². The zero-order chi connectivity index (χ0) is 27.5. The van der Waals surface area contributed by atoms with Gasteiger partial charge < -0.3 is 10.1 Å². The van der Waals surface area contributed by atoms with Crippen LogP contribution in [0.25, 0.3) is 0 Å². The van der Waals surface area contributed by atoms with E-state index in [2.05, 4.69) is 19.2 Å². The fourth-order valence-corrected chi connectivity index (χ4v) is 3.97. The van der Waals surface area contributed by atoms with Crippen molar-refractivity contribution in [2.24, 2.45) is 5.92 Å². The quantitative estimate of drug-likeness (QED) is 0.209. The molecular formula is C30H48N2O5. The number of amides is 3. The molecular weight excluding hydrogens is 468 g/mol. The molecule has 1 N–H and O–H groups in total. The number of unbranched alkanes of at least 4 members (excludes halogenated alkanes) is 6. The summed E-state index contributed by atoms with van der Waals surface area (Å²) in [7, 11) is 0. The Balaban J connectivity index is 0.000000649. The van der Waals surface area contributed by atoms with Crippen LogP contribution in [0.3, 0.4) is 0 Å². The molecule has 1 saturated heterocycles. The number of benzene rings is 1. The van der Waals surface area contributed by atoms with Gasteiger partial charge in [-0.05, 0) is 24.1 Å². The molecule has 208 valence electrons. The monoisotopic (exact) mass is 516 g/mol. The van der Waals surface area contributed by atoms with Crippen molar-refractivity contribution in [1.29, 1.82) is 0 Å². The maximum atomic E-state index is 12.1. The van der Waals surface area contributed by atoms with Crippen LogP contribution < -0.4 is 10.2 Å². The molecule has 2 rings (SSSR count). The smallest absolute Gasteiger partial charge is 0.237 e. The van der Waals surface area contributed by atoms with Crippen molar-refractivity contribution in [2.45, 2.75) is 105 Å². The number of hydrogen-bond donors (Lipinski definition) is 1. The van der Waals surface area contributed by atoms with Crippen LogP contribution in [0.5, 0.6) is 0 Å². The summed E-state index contributed by atoms with van der Waals surface area (Å²) >= 11 is 0. The van der Waals surface area contributed by atoms with Gasteiger partial charge in [0.2, 0.25) is 17.7 Å². The first-order valence-corrected chi connectivity index (χ1v) is 14.2. The number of aryl methyl sites for hydroxylation is 1. The number of carbonyl (C=O) groups excluding carboxylic acids is 4. The van der Waals surface area contributed by atoms with Crippen molar-refractivity contribution in [2.75, 3.05) is 24.7 Å². The number of ketones is 1. The van der Waals surface area contributed by atoms with Crippen LogP contribution in [0.2, 0.25) is 0 Å². The fourth-order valence-electron chi connectivity index (χ4n) is 3.97. The number of anilines is 1. The Kier molecular flexibility index (Phi) is 17.2. The Hall–Kier alpha value is -2.54. The van der Waals surface area contributed by atoms with Gasteiger partial charge in [0.05, 0.1) is 18.9 Å². The Morgan fingerprint density at radius 2 is 1.54 bits per heavy atom. The van der Waals surface area contributed by atoms with E-state index in [9.17, 15) is 19.2 Å². The summed E-state index contributed by atoms with van der Waals surface area (Å²) in [5.41, 5.74) is 1.53. The molecule has 0 saturated carbocycles. The highest BCUT2D eigenvalue weighted by Gasteiger charge is 2.36. The molecule has 37 heavy (non-hydrogen) atoms. The van der Waals surface area contributed by atoms with Gasteiger partial charge in [0, 0.05) is 38.1 Å². The third-order valence-electron chi connectivity index (χ3n) is 6.40. The first-order valence-electron chi connectivity index (χ1n) is 14.2. The number of nitrogens with one attached hydrogen (secondary N) is 1. The lowest BCUT2D eigenvalue weighted by molar-refractivity contribution is -0.122. The lowest BCUT2D eigenvalue weighted by atomic mass is 10.1. The molecule has 1 aliphatic rings. The van der Waals surface area contributed by atoms with E-state index in [1.807, 2.05) is 19.1 Å². The van der Waals surface area contributed by atoms with Crippen LogP contribution in [0.4, 0.5) is 5.69 Å². The summed E-state index contributed by atoms with van der Waals surface area (Å²) < 4.78 is 5.31. The Bertz CT molecular complexity index is 816. The maximum Gasteiger partial charge on any atom is 0.237 e. The normalized spacial score (nSPS) is 14.9. The predicted octanol–water partition coefficient (Wildman–Crippen LogP) is 5.78. The molecule has 7 nitrogen and oxygen atoms in total. The van der Waals surface area contributed by atoms with Gasteiger partial charge in [0.15, 0.2) is 0 Å². The topological polar surface area (TPSA) is 92.8 Å². The second kappa shape index (κ2) is 19.6. The van der Waals surface area contributed by atoms with Crippen molar-refractivity contribution in [3.8, 4) is 0 Å². The van der Waals surface area contributed by atoms with Gasteiger partial charge in [0.1, 0.15) is 5.78 Å². The first kappa shape index (κ1) is 32.5. The van der Waals surface area contributed by atoms with Crippen LogP contribution in [-0.2, 0) is 30.3 Å². The fraction of sp³-hybridized carbons (Fsp3) is 0.667. The highest BCUT2D eigenvalue weighted by molar-refractivity contribution is 6.20. The molecule has 1 aromatic carbocycles. The van der Waals surface area contributed by atoms with Crippen molar-refractivity contribution in [3.63, 3.8) is 0 Å². The minimum absolute atomic E-state index is 0.0731.